The van der Waals surface area contributed by atoms with Gasteiger partial charge in [0.15, 0.2) is 0 Å². The number of allylic oxidation sites excluding steroid dienone is 4. The summed E-state index contributed by atoms with van der Waals surface area (Å²) in [5.74, 6) is 0. The summed E-state index contributed by atoms with van der Waals surface area (Å²) in [6, 6.07) is 24.9. The molecule has 0 N–H and O–H groups in total. The Labute approximate surface area is 131 Å². The Kier molecular flexibility index (Phi) is 3.88. The average molecular weight is 302 g/mol. The van der Waals surface area contributed by atoms with Crippen LogP contribution in [-0.2, 0) is 0 Å². The Hall–Kier alpha value is -2.67. The molecule has 0 bridgehead atoms. The summed E-state index contributed by atoms with van der Waals surface area (Å²) in [5.41, 5.74) is -0.281. The summed E-state index contributed by atoms with van der Waals surface area (Å²) in [7, 11) is -2.64. The molecule has 1 unspecified atom stereocenters. The summed E-state index contributed by atoms with van der Waals surface area (Å²) < 4.78 is 0. The zero-order valence-electron chi connectivity index (χ0n) is 12.0. The normalized spacial score (nSPS) is 20.3. The fourth-order valence-corrected chi connectivity index (χ4v) is 7.78. The molecule has 106 valence electrons. The van der Waals surface area contributed by atoms with Crippen molar-refractivity contribution in [3.63, 3.8) is 0 Å². The van der Waals surface area contributed by atoms with Crippen molar-refractivity contribution in [2.75, 3.05) is 0 Å². The first-order chi connectivity index (χ1) is 10.8. The Bertz CT molecular complexity index is 769. The van der Waals surface area contributed by atoms with Gasteiger partial charge in [-0.05, 0) is 0 Å². The second-order valence-corrected chi connectivity index (χ2v) is 9.16. The van der Waals surface area contributed by atoms with E-state index in [-0.39, 0.29) is 5.66 Å². The van der Waals surface area contributed by atoms with Gasteiger partial charge in [0, 0.05) is 0 Å². The van der Waals surface area contributed by atoms with Gasteiger partial charge in [0.2, 0.25) is 0 Å². The van der Waals surface area contributed by atoms with Crippen LogP contribution in [0, 0.1) is 22.7 Å². The molecular formula is C19H15N2P. The van der Waals surface area contributed by atoms with Crippen molar-refractivity contribution < 1.29 is 0 Å². The van der Waals surface area contributed by atoms with Crippen molar-refractivity contribution in [3.8, 4) is 12.1 Å². The monoisotopic (exact) mass is 302 g/mol. The van der Waals surface area contributed by atoms with Gasteiger partial charge in [0.1, 0.15) is 0 Å². The molecule has 0 radical (unpaired) electrons. The van der Waals surface area contributed by atoms with Crippen LogP contribution < -0.4 is 10.6 Å². The minimum absolute atomic E-state index is 0.281. The third-order valence-corrected chi connectivity index (χ3v) is 9.05. The molecule has 0 saturated heterocycles. The zero-order chi connectivity index (χ0) is 15.4. The van der Waals surface area contributed by atoms with Crippen molar-refractivity contribution in [1.29, 1.82) is 10.5 Å². The van der Waals surface area contributed by atoms with Crippen LogP contribution in [0.2, 0.25) is 0 Å². The first-order valence-corrected chi connectivity index (χ1v) is 9.21. The van der Waals surface area contributed by atoms with Crippen molar-refractivity contribution in [2.45, 2.75) is 5.66 Å². The first-order valence-electron chi connectivity index (χ1n) is 7.13. The van der Waals surface area contributed by atoms with Crippen LogP contribution in [0.15, 0.2) is 84.2 Å². The molecule has 2 aromatic rings. The van der Waals surface area contributed by atoms with Gasteiger partial charge in [-0.3, -0.25) is 0 Å². The molecule has 0 fully saturated rings. The third kappa shape index (κ3) is 2.06. The van der Waals surface area contributed by atoms with Gasteiger partial charge in [-0.15, -0.1) is 0 Å². The Morgan fingerprint density at radius 2 is 1.36 bits per heavy atom. The molecule has 0 spiro atoms. The van der Waals surface area contributed by atoms with Crippen LogP contribution in [0.1, 0.15) is 0 Å². The number of hydrogen-bond acceptors (Lipinski definition) is 2. The molecule has 22 heavy (non-hydrogen) atoms. The predicted octanol–water partition coefficient (Wildman–Crippen LogP) is 3.26. The molecule has 1 heterocycles. The van der Waals surface area contributed by atoms with Gasteiger partial charge in [0.05, 0.1) is 0 Å². The fourth-order valence-electron chi connectivity index (χ4n) is 3.21. The van der Waals surface area contributed by atoms with Gasteiger partial charge in [0.25, 0.3) is 0 Å². The minimum atomic E-state index is -2.64. The van der Waals surface area contributed by atoms with Crippen molar-refractivity contribution in [1.82, 2.24) is 0 Å². The molecule has 3 rings (SSSR count). The maximum absolute atomic E-state index is 9.76. The first kappa shape index (κ1) is 14.3. The van der Waals surface area contributed by atoms with E-state index >= 15 is 0 Å². The molecule has 1 aliphatic rings. The molecule has 1 aliphatic heterocycles. The Balaban J connectivity index is 2.38. The average Bonchev–Trinajstić information content (AvgIpc) is 2.62. The van der Waals surface area contributed by atoms with Crippen LogP contribution in [-0.4, -0.2) is 5.66 Å². The van der Waals surface area contributed by atoms with Gasteiger partial charge in [-0.2, -0.15) is 0 Å². The Morgan fingerprint density at radius 3 is 1.82 bits per heavy atom. The fraction of sp³-hybridized carbons (Fsp3) is 0.0526. The SMILES string of the molecule is N#CC1=CC=CC(C#N)[PH]1(c1ccccc1)c1ccccc1. The van der Waals surface area contributed by atoms with E-state index in [2.05, 4.69) is 12.1 Å². The van der Waals surface area contributed by atoms with Crippen LogP contribution >= 0.6 is 7.26 Å². The summed E-state index contributed by atoms with van der Waals surface area (Å²) in [6.07, 6.45) is 5.65. The van der Waals surface area contributed by atoms with Crippen molar-refractivity contribution in [3.05, 3.63) is 84.2 Å². The number of nitrogens with zero attached hydrogens (tertiary/aromatic N) is 2. The van der Waals surface area contributed by atoms with Crippen LogP contribution in [0.5, 0.6) is 0 Å². The molecule has 0 aliphatic carbocycles. The molecule has 0 aromatic heterocycles. The van der Waals surface area contributed by atoms with Gasteiger partial charge in [-0.25, -0.2) is 0 Å². The van der Waals surface area contributed by atoms with Gasteiger partial charge < -0.3 is 0 Å². The van der Waals surface area contributed by atoms with E-state index in [1.807, 2.05) is 78.9 Å². The standard InChI is InChI=1S/C19H15N2P/c20-14-18-12-7-13-19(15-21)22(18,16-8-3-1-4-9-16)17-10-5-2-6-11-17/h1-13,18,22H. The van der Waals surface area contributed by atoms with Crippen molar-refractivity contribution >= 4 is 17.9 Å². The second kappa shape index (κ2) is 5.98. The van der Waals surface area contributed by atoms with Crippen LogP contribution in [0.4, 0.5) is 0 Å². The molecular weight excluding hydrogens is 287 g/mol. The number of rotatable bonds is 2. The topological polar surface area (TPSA) is 47.6 Å². The quantitative estimate of drug-likeness (QED) is 0.799. The van der Waals surface area contributed by atoms with Crippen LogP contribution in [0.25, 0.3) is 0 Å². The van der Waals surface area contributed by atoms with E-state index in [0.717, 1.165) is 15.9 Å². The summed E-state index contributed by atoms with van der Waals surface area (Å²) in [6.45, 7) is 0. The molecule has 1 atom stereocenters. The van der Waals surface area contributed by atoms with E-state index in [9.17, 15) is 10.5 Å². The molecule has 0 amide bonds. The van der Waals surface area contributed by atoms with Gasteiger partial charge in [-0.1, -0.05) is 0 Å². The van der Waals surface area contributed by atoms with E-state index in [0.29, 0.717) is 0 Å². The summed E-state index contributed by atoms with van der Waals surface area (Å²) in [4.78, 5) is 0. The molecule has 2 nitrogen and oxygen atoms in total. The van der Waals surface area contributed by atoms with Gasteiger partial charge >= 0.3 is 130 Å². The van der Waals surface area contributed by atoms with E-state index < -0.39 is 7.26 Å². The number of hydrogen-bond donors (Lipinski definition) is 0. The summed E-state index contributed by atoms with van der Waals surface area (Å²) >= 11 is 0. The molecule has 3 heteroatoms. The second-order valence-electron chi connectivity index (χ2n) is 5.22. The molecule has 2 aromatic carbocycles. The number of nitriles is 2. The number of benzene rings is 2. The van der Waals surface area contributed by atoms with E-state index in [1.54, 1.807) is 0 Å². The Morgan fingerprint density at radius 1 is 0.818 bits per heavy atom. The zero-order valence-corrected chi connectivity index (χ0v) is 13.0. The maximum atomic E-state index is 9.76. The predicted molar refractivity (Wildman–Crippen MR) is 92.7 cm³/mol. The summed E-state index contributed by atoms with van der Waals surface area (Å²) in [5, 5.41) is 22.4. The third-order valence-electron chi connectivity index (χ3n) is 4.18. The van der Waals surface area contributed by atoms with Crippen molar-refractivity contribution in [2.24, 2.45) is 0 Å². The molecule has 0 saturated carbocycles. The van der Waals surface area contributed by atoms with E-state index in [1.165, 1.54) is 0 Å². The van der Waals surface area contributed by atoms with E-state index in [4.69, 9.17) is 0 Å². The van der Waals surface area contributed by atoms with Crippen LogP contribution in [0.3, 0.4) is 0 Å².